The van der Waals surface area contributed by atoms with Gasteiger partial charge < -0.3 is 15.3 Å². The molecule has 0 aromatic carbocycles. The Morgan fingerprint density at radius 1 is 1.35 bits per heavy atom. The summed E-state index contributed by atoms with van der Waals surface area (Å²) in [4.78, 5) is 10.9. The zero-order chi connectivity index (χ0) is 13.4. The van der Waals surface area contributed by atoms with Crippen LogP contribution in [0.2, 0.25) is 0 Å². The highest BCUT2D eigenvalue weighted by atomic mass is 16.4. The van der Waals surface area contributed by atoms with Gasteiger partial charge >= 0.3 is 5.97 Å². The summed E-state index contributed by atoms with van der Waals surface area (Å²) >= 11 is 0. The second kappa shape index (κ2) is 4.63. The van der Waals surface area contributed by atoms with Crippen molar-refractivity contribution in [2.75, 3.05) is 0 Å². The van der Waals surface area contributed by atoms with Crippen molar-refractivity contribution in [3.63, 3.8) is 0 Å². The monoisotopic (exact) mass is 240 g/mol. The number of aliphatic hydroxyl groups excluding tert-OH is 2. The number of carboxylic acid groups (broad SMARTS) is 1. The third-order valence-corrected chi connectivity index (χ3v) is 3.32. The van der Waals surface area contributed by atoms with Crippen LogP contribution in [0.4, 0.5) is 0 Å². The van der Waals surface area contributed by atoms with Gasteiger partial charge in [-0.2, -0.15) is 0 Å². The first-order valence-corrected chi connectivity index (χ1v) is 5.64. The maximum Gasteiger partial charge on any atom is 0.304 e. The molecule has 1 rings (SSSR count). The summed E-state index contributed by atoms with van der Waals surface area (Å²) in [7, 11) is 0. The number of rotatable bonds is 3. The van der Waals surface area contributed by atoms with E-state index in [0.717, 1.165) is 0 Å². The quantitative estimate of drug-likeness (QED) is 0.653. The molecule has 3 N–H and O–H groups in total. The first kappa shape index (κ1) is 13.9. The molecule has 0 aromatic rings. The maximum absolute atomic E-state index is 10.9. The second-order valence-corrected chi connectivity index (χ2v) is 5.31. The minimum Gasteiger partial charge on any atom is -0.481 e. The number of carboxylic acids is 1. The van der Waals surface area contributed by atoms with Gasteiger partial charge in [0, 0.05) is 0 Å². The van der Waals surface area contributed by atoms with E-state index in [2.05, 4.69) is 0 Å². The molecule has 17 heavy (non-hydrogen) atoms. The fourth-order valence-corrected chi connectivity index (χ4v) is 2.44. The van der Waals surface area contributed by atoms with E-state index in [1.807, 2.05) is 0 Å². The zero-order valence-corrected chi connectivity index (χ0v) is 10.7. The van der Waals surface area contributed by atoms with Crippen LogP contribution in [0.15, 0.2) is 22.8 Å². The van der Waals surface area contributed by atoms with E-state index in [-0.39, 0.29) is 6.42 Å². The number of hydrogen-bond donors (Lipinski definition) is 3. The average molecular weight is 240 g/mol. The van der Waals surface area contributed by atoms with Gasteiger partial charge in [0.05, 0.1) is 18.6 Å². The second-order valence-electron chi connectivity index (χ2n) is 5.31. The summed E-state index contributed by atoms with van der Waals surface area (Å²) in [5.74, 6) is -0.913. The van der Waals surface area contributed by atoms with Gasteiger partial charge in [0.2, 0.25) is 0 Å². The summed E-state index contributed by atoms with van der Waals surface area (Å²) in [6, 6.07) is 0. The summed E-state index contributed by atoms with van der Waals surface area (Å²) in [6.45, 7) is 7.01. The first-order chi connectivity index (χ1) is 7.66. The largest absolute Gasteiger partial charge is 0.481 e. The van der Waals surface area contributed by atoms with E-state index in [4.69, 9.17) is 5.11 Å². The Bertz CT molecular complexity index is 390. The Labute approximate surface area is 101 Å². The number of aliphatic hydroxyl groups is 2. The SMILES string of the molecule is CC1=CC(O)C(C)=C(C(C)(C)CC(=O)O)C1O. The minimum atomic E-state index is -0.913. The van der Waals surface area contributed by atoms with Crippen LogP contribution in [0.5, 0.6) is 0 Å². The molecule has 0 amide bonds. The normalized spacial score (nSPS) is 25.9. The predicted octanol–water partition coefficient (Wildman–Crippen LogP) is 1.49. The van der Waals surface area contributed by atoms with Crippen LogP contribution in [0.3, 0.4) is 0 Å². The first-order valence-electron chi connectivity index (χ1n) is 5.64. The van der Waals surface area contributed by atoms with Crippen LogP contribution >= 0.6 is 0 Å². The van der Waals surface area contributed by atoms with Crippen molar-refractivity contribution in [2.45, 2.75) is 46.3 Å². The van der Waals surface area contributed by atoms with Crippen LogP contribution in [0.1, 0.15) is 34.1 Å². The summed E-state index contributed by atoms with van der Waals surface area (Å²) in [5.41, 5.74) is 1.25. The van der Waals surface area contributed by atoms with Crippen LogP contribution < -0.4 is 0 Å². The van der Waals surface area contributed by atoms with E-state index in [0.29, 0.717) is 16.7 Å². The Hall–Kier alpha value is -1.13. The Balaban J connectivity index is 3.17. The van der Waals surface area contributed by atoms with Gasteiger partial charge in [-0.05, 0) is 36.0 Å². The van der Waals surface area contributed by atoms with Crippen LogP contribution in [0.25, 0.3) is 0 Å². The zero-order valence-electron chi connectivity index (χ0n) is 10.7. The lowest BCUT2D eigenvalue weighted by atomic mass is 9.72. The number of hydrogen-bond acceptors (Lipinski definition) is 3. The summed E-state index contributed by atoms with van der Waals surface area (Å²) in [6.07, 6.45) is -0.00825. The smallest absolute Gasteiger partial charge is 0.304 e. The van der Waals surface area contributed by atoms with Crippen molar-refractivity contribution in [1.82, 2.24) is 0 Å². The van der Waals surface area contributed by atoms with E-state index in [1.54, 1.807) is 33.8 Å². The van der Waals surface area contributed by atoms with Crippen molar-refractivity contribution in [3.05, 3.63) is 22.8 Å². The summed E-state index contributed by atoms with van der Waals surface area (Å²) in [5, 5.41) is 28.9. The van der Waals surface area contributed by atoms with Crippen LogP contribution in [-0.2, 0) is 4.79 Å². The lowest BCUT2D eigenvalue weighted by Gasteiger charge is -2.36. The molecule has 1 aliphatic rings. The lowest BCUT2D eigenvalue weighted by Crippen LogP contribution is -2.34. The molecule has 2 atom stereocenters. The van der Waals surface area contributed by atoms with E-state index in [9.17, 15) is 15.0 Å². The molecule has 96 valence electrons. The topological polar surface area (TPSA) is 77.8 Å². The molecule has 0 saturated heterocycles. The van der Waals surface area contributed by atoms with Crippen molar-refractivity contribution in [1.29, 1.82) is 0 Å². The van der Waals surface area contributed by atoms with Crippen LogP contribution in [-0.4, -0.2) is 33.5 Å². The lowest BCUT2D eigenvalue weighted by molar-refractivity contribution is -0.138. The van der Waals surface area contributed by atoms with Gasteiger partial charge in [-0.15, -0.1) is 0 Å². The van der Waals surface area contributed by atoms with Gasteiger partial charge in [-0.3, -0.25) is 4.79 Å². The van der Waals surface area contributed by atoms with Gasteiger partial charge in [-0.1, -0.05) is 19.9 Å². The Kier molecular flexibility index (Phi) is 3.79. The molecule has 0 spiro atoms. The minimum absolute atomic E-state index is 0.0727. The third kappa shape index (κ3) is 2.76. The highest BCUT2D eigenvalue weighted by molar-refractivity contribution is 5.68. The fraction of sp³-hybridized carbons (Fsp3) is 0.615. The molecule has 0 aromatic heterocycles. The Morgan fingerprint density at radius 3 is 2.35 bits per heavy atom. The standard InChI is InChI=1S/C13H20O4/c1-7-5-9(14)8(2)11(12(7)17)13(3,4)6-10(15)16/h5,9,12,14,17H,6H2,1-4H3,(H,15,16). The van der Waals surface area contributed by atoms with Crippen LogP contribution in [0, 0.1) is 5.41 Å². The molecule has 2 unspecified atom stereocenters. The molecular weight excluding hydrogens is 220 g/mol. The molecule has 0 fully saturated rings. The maximum atomic E-state index is 10.9. The third-order valence-electron chi connectivity index (χ3n) is 3.32. The molecule has 0 radical (unpaired) electrons. The van der Waals surface area contributed by atoms with Crippen molar-refractivity contribution >= 4 is 5.97 Å². The molecule has 1 aliphatic carbocycles. The Morgan fingerprint density at radius 2 is 1.88 bits per heavy atom. The molecule has 0 aliphatic heterocycles. The predicted molar refractivity (Wildman–Crippen MR) is 64.5 cm³/mol. The highest BCUT2D eigenvalue weighted by Gasteiger charge is 2.36. The van der Waals surface area contributed by atoms with Crippen molar-refractivity contribution < 1.29 is 20.1 Å². The molecule has 0 heterocycles. The highest BCUT2D eigenvalue weighted by Crippen LogP contribution is 2.40. The van der Waals surface area contributed by atoms with E-state index in [1.165, 1.54) is 0 Å². The molecular formula is C13H20O4. The van der Waals surface area contributed by atoms with E-state index >= 15 is 0 Å². The molecule has 0 bridgehead atoms. The number of aliphatic carboxylic acids is 1. The fourth-order valence-electron chi connectivity index (χ4n) is 2.44. The van der Waals surface area contributed by atoms with Gasteiger partial charge in [-0.25, -0.2) is 0 Å². The van der Waals surface area contributed by atoms with Gasteiger partial charge in [0.25, 0.3) is 0 Å². The van der Waals surface area contributed by atoms with Crippen molar-refractivity contribution in [2.24, 2.45) is 5.41 Å². The van der Waals surface area contributed by atoms with Gasteiger partial charge in [0.1, 0.15) is 0 Å². The van der Waals surface area contributed by atoms with Crippen molar-refractivity contribution in [3.8, 4) is 0 Å². The van der Waals surface area contributed by atoms with Gasteiger partial charge in [0.15, 0.2) is 0 Å². The molecule has 4 heteroatoms. The average Bonchev–Trinajstić information content (AvgIpc) is 2.12. The summed E-state index contributed by atoms with van der Waals surface area (Å²) < 4.78 is 0. The molecule has 0 saturated carbocycles. The van der Waals surface area contributed by atoms with E-state index < -0.39 is 23.6 Å². The molecule has 4 nitrogen and oxygen atoms in total. The number of carbonyl (C=O) groups is 1.